The van der Waals surface area contributed by atoms with Crippen LogP contribution in [0, 0.1) is 0 Å². The van der Waals surface area contributed by atoms with Crippen molar-refractivity contribution in [3.05, 3.63) is 89.1 Å². The molecule has 5 rings (SSSR count). The predicted molar refractivity (Wildman–Crippen MR) is 105 cm³/mol. The maximum absolute atomic E-state index is 11.7. The van der Waals surface area contributed by atoms with E-state index in [1.165, 1.54) is 0 Å². The van der Waals surface area contributed by atoms with Crippen LogP contribution >= 0.6 is 0 Å². The Balaban J connectivity index is 2.04. The average molecular weight is 338 g/mol. The highest BCUT2D eigenvalue weighted by Gasteiger charge is 2.14. The summed E-state index contributed by atoms with van der Waals surface area (Å²) < 4.78 is 6.18. The van der Waals surface area contributed by atoms with Gasteiger partial charge in [0.05, 0.1) is 0 Å². The van der Waals surface area contributed by atoms with Gasteiger partial charge in [-0.1, -0.05) is 36.4 Å². The molecular weight excluding hydrogens is 324 g/mol. The fraction of sp³-hybridized carbons (Fsp3) is 0. The third-order valence-corrected chi connectivity index (χ3v) is 4.72. The highest BCUT2D eigenvalue weighted by Crippen LogP contribution is 2.39. The third-order valence-electron chi connectivity index (χ3n) is 4.72. The van der Waals surface area contributed by atoms with Crippen molar-refractivity contribution in [1.82, 2.24) is 0 Å². The van der Waals surface area contributed by atoms with Crippen molar-refractivity contribution >= 4 is 32.7 Å². The number of aromatic hydroxyl groups is 1. The zero-order valence-corrected chi connectivity index (χ0v) is 13.8. The highest BCUT2D eigenvalue weighted by atomic mass is 16.3. The van der Waals surface area contributed by atoms with Gasteiger partial charge in [0, 0.05) is 27.8 Å². The van der Waals surface area contributed by atoms with E-state index in [4.69, 9.17) is 4.42 Å². The van der Waals surface area contributed by atoms with Crippen molar-refractivity contribution in [2.75, 3.05) is 0 Å². The molecule has 1 aromatic heterocycles. The van der Waals surface area contributed by atoms with Gasteiger partial charge >= 0.3 is 0 Å². The molecule has 5 aromatic rings. The molecule has 0 aliphatic rings. The SMILES string of the molecule is O=c1ccc2c(ccc3c(-c4ccccc4)c4ccc(O)cc4oc32)c1. The maximum atomic E-state index is 11.7. The van der Waals surface area contributed by atoms with Crippen LogP contribution in [0.4, 0.5) is 0 Å². The Morgan fingerprint density at radius 1 is 0.731 bits per heavy atom. The van der Waals surface area contributed by atoms with Gasteiger partial charge in [0.2, 0.25) is 0 Å². The number of phenolic OH excluding ortho intramolecular Hbond substituents is 1. The first-order valence-electron chi connectivity index (χ1n) is 8.38. The van der Waals surface area contributed by atoms with Crippen LogP contribution in [0.2, 0.25) is 0 Å². The molecule has 0 spiro atoms. The molecule has 0 aliphatic heterocycles. The van der Waals surface area contributed by atoms with Crippen molar-refractivity contribution < 1.29 is 9.52 Å². The summed E-state index contributed by atoms with van der Waals surface area (Å²) in [4.78, 5) is 11.7. The predicted octanol–water partition coefficient (Wildman–Crippen LogP) is 5.47. The molecular formula is C23H14O3. The Hall–Kier alpha value is -3.59. The normalized spacial score (nSPS) is 11.4. The Morgan fingerprint density at radius 3 is 2.35 bits per heavy atom. The van der Waals surface area contributed by atoms with E-state index in [0.29, 0.717) is 11.2 Å². The van der Waals surface area contributed by atoms with Crippen LogP contribution in [0.25, 0.3) is 43.8 Å². The summed E-state index contributed by atoms with van der Waals surface area (Å²) in [6.07, 6.45) is 0. The molecule has 0 bridgehead atoms. The van der Waals surface area contributed by atoms with Crippen LogP contribution in [-0.4, -0.2) is 5.11 Å². The van der Waals surface area contributed by atoms with Crippen LogP contribution in [-0.2, 0) is 0 Å². The molecule has 0 saturated carbocycles. The zero-order valence-electron chi connectivity index (χ0n) is 13.8. The maximum Gasteiger partial charge on any atom is 0.179 e. The van der Waals surface area contributed by atoms with E-state index in [1.807, 2.05) is 36.4 Å². The molecule has 0 atom stereocenters. The lowest BCUT2D eigenvalue weighted by Crippen LogP contribution is -1.95. The molecule has 0 radical (unpaired) electrons. The van der Waals surface area contributed by atoms with Crippen molar-refractivity contribution in [3.8, 4) is 16.9 Å². The van der Waals surface area contributed by atoms with E-state index in [0.717, 1.165) is 32.7 Å². The average Bonchev–Trinajstić information content (AvgIpc) is 2.66. The molecule has 26 heavy (non-hydrogen) atoms. The van der Waals surface area contributed by atoms with E-state index in [9.17, 15) is 9.90 Å². The minimum Gasteiger partial charge on any atom is -0.508 e. The quantitative estimate of drug-likeness (QED) is 0.325. The summed E-state index contributed by atoms with van der Waals surface area (Å²) in [7, 11) is 0. The second kappa shape index (κ2) is 5.46. The molecule has 0 aliphatic carbocycles. The molecule has 0 unspecified atom stereocenters. The van der Waals surface area contributed by atoms with E-state index < -0.39 is 0 Å². The molecule has 0 amide bonds. The number of hydrogen-bond donors (Lipinski definition) is 1. The summed E-state index contributed by atoms with van der Waals surface area (Å²) in [6.45, 7) is 0. The van der Waals surface area contributed by atoms with Gasteiger partial charge < -0.3 is 9.52 Å². The van der Waals surface area contributed by atoms with Crippen LogP contribution < -0.4 is 5.43 Å². The van der Waals surface area contributed by atoms with Crippen molar-refractivity contribution in [1.29, 1.82) is 0 Å². The van der Waals surface area contributed by atoms with Crippen LogP contribution in [0.15, 0.2) is 88.1 Å². The van der Waals surface area contributed by atoms with Crippen molar-refractivity contribution in [2.24, 2.45) is 0 Å². The molecule has 0 saturated heterocycles. The lowest BCUT2D eigenvalue weighted by atomic mass is 9.95. The molecule has 124 valence electrons. The third kappa shape index (κ3) is 2.18. The Labute approximate surface area is 148 Å². The Morgan fingerprint density at radius 2 is 1.50 bits per heavy atom. The number of hydrogen-bond acceptors (Lipinski definition) is 3. The molecule has 3 heteroatoms. The zero-order chi connectivity index (χ0) is 17.7. The lowest BCUT2D eigenvalue weighted by Gasteiger charge is -2.13. The Kier molecular flexibility index (Phi) is 3.09. The van der Waals surface area contributed by atoms with Gasteiger partial charge in [0.1, 0.15) is 16.9 Å². The lowest BCUT2D eigenvalue weighted by molar-refractivity contribution is 0.474. The summed E-state index contributed by atoms with van der Waals surface area (Å²) in [5.41, 5.74) is 3.41. The van der Waals surface area contributed by atoms with Gasteiger partial charge in [-0.3, -0.25) is 4.79 Å². The van der Waals surface area contributed by atoms with Gasteiger partial charge in [-0.15, -0.1) is 0 Å². The Bertz CT molecular complexity index is 1350. The number of fused-ring (bicyclic) bond motifs is 4. The molecule has 1 N–H and O–H groups in total. The minimum atomic E-state index is -0.0291. The van der Waals surface area contributed by atoms with Crippen LogP contribution in [0.1, 0.15) is 0 Å². The fourth-order valence-electron chi connectivity index (χ4n) is 3.56. The van der Waals surface area contributed by atoms with Gasteiger partial charge in [-0.05, 0) is 47.3 Å². The first kappa shape index (κ1) is 14.7. The smallest absolute Gasteiger partial charge is 0.179 e. The first-order chi connectivity index (χ1) is 12.7. The molecule has 1 heterocycles. The van der Waals surface area contributed by atoms with Gasteiger partial charge in [0.25, 0.3) is 0 Å². The monoisotopic (exact) mass is 338 g/mol. The van der Waals surface area contributed by atoms with Crippen molar-refractivity contribution in [2.45, 2.75) is 0 Å². The topological polar surface area (TPSA) is 50.4 Å². The molecule has 3 nitrogen and oxygen atoms in total. The number of benzene rings is 4. The summed E-state index contributed by atoms with van der Waals surface area (Å²) >= 11 is 0. The number of phenols is 1. The van der Waals surface area contributed by atoms with E-state index in [2.05, 4.69) is 12.1 Å². The number of rotatable bonds is 1. The molecule has 4 aromatic carbocycles. The van der Waals surface area contributed by atoms with Crippen molar-refractivity contribution in [3.63, 3.8) is 0 Å². The fourth-order valence-corrected chi connectivity index (χ4v) is 3.56. The highest BCUT2D eigenvalue weighted by molar-refractivity contribution is 6.15. The second-order valence-electron chi connectivity index (χ2n) is 6.35. The van der Waals surface area contributed by atoms with E-state index in [1.54, 1.807) is 30.3 Å². The summed E-state index contributed by atoms with van der Waals surface area (Å²) in [5, 5.41) is 13.5. The first-order valence-corrected chi connectivity index (χ1v) is 8.38. The minimum absolute atomic E-state index is 0.0291. The second-order valence-corrected chi connectivity index (χ2v) is 6.35. The summed E-state index contributed by atoms with van der Waals surface area (Å²) in [6, 6.07) is 24.2. The van der Waals surface area contributed by atoms with E-state index in [-0.39, 0.29) is 11.2 Å². The van der Waals surface area contributed by atoms with Gasteiger partial charge in [0.15, 0.2) is 5.43 Å². The van der Waals surface area contributed by atoms with E-state index >= 15 is 0 Å². The van der Waals surface area contributed by atoms with Gasteiger partial charge in [-0.2, -0.15) is 0 Å². The largest absolute Gasteiger partial charge is 0.508 e. The van der Waals surface area contributed by atoms with Crippen LogP contribution in [0.3, 0.4) is 0 Å². The van der Waals surface area contributed by atoms with Crippen LogP contribution in [0.5, 0.6) is 5.75 Å². The molecule has 0 fully saturated rings. The van der Waals surface area contributed by atoms with Gasteiger partial charge in [-0.25, -0.2) is 0 Å². The summed E-state index contributed by atoms with van der Waals surface area (Å²) in [5.74, 6) is 0.154. The standard InChI is InChI=1S/C23H14O3/c24-16-7-10-18-15(12-16)6-9-20-22(14-4-2-1-3-5-14)19-11-8-17(25)13-21(19)26-23(18)20/h1-13,25H.